The van der Waals surface area contributed by atoms with Gasteiger partial charge in [0.05, 0.1) is 24.1 Å². The average molecular weight is 449 g/mol. The van der Waals surface area contributed by atoms with E-state index in [9.17, 15) is 24.3 Å². The van der Waals surface area contributed by atoms with E-state index in [0.717, 1.165) is 0 Å². The fourth-order valence-corrected chi connectivity index (χ4v) is 2.71. The van der Waals surface area contributed by atoms with Crippen LogP contribution in [-0.4, -0.2) is 71.1 Å². The zero-order valence-electron chi connectivity index (χ0n) is 17.6. The molecule has 0 rings (SSSR count). The molecule has 2 amide bonds. The van der Waals surface area contributed by atoms with Gasteiger partial charge in [0.25, 0.3) is 0 Å². The molecule has 0 heterocycles. The molecule has 0 aromatic carbocycles. The lowest BCUT2D eigenvalue weighted by molar-refractivity contribution is -0.139. The van der Waals surface area contributed by atoms with E-state index < -0.39 is 53.5 Å². The molecule has 2 unspecified atom stereocenters. The summed E-state index contributed by atoms with van der Waals surface area (Å²) in [6, 6.07) is -3.44. The molecule has 0 aromatic rings. The second kappa shape index (κ2) is 13.9. The van der Waals surface area contributed by atoms with Crippen LogP contribution in [-0.2, 0) is 19.2 Å². The highest BCUT2D eigenvalue weighted by molar-refractivity contribution is 6.48. The number of aliphatic imine (C=N–C) groups is 1. The van der Waals surface area contributed by atoms with Crippen LogP contribution in [0, 0.1) is 5.92 Å². The summed E-state index contributed by atoms with van der Waals surface area (Å²) in [5.41, 5.74) is 16.3. The van der Waals surface area contributed by atoms with E-state index in [-0.39, 0.29) is 31.3 Å². The number of hydrogen-bond acceptors (Lipinski definition) is 7. The molecule has 0 aromatic heterocycles. The van der Waals surface area contributed by atoms with Gasteiger partial charge in [-0.05, 0) is 32.1 Å². The number of nitrogens with one attached hydrogen (secondary N) is 2. The van der Waals surface area contributed by atoms with Crippen LogP contribution in [0.1, 0.15) is 40.0 Å². The molecule has 9 N–H and O–H groups in total. The van der Waals surface area contributed by atoms with E-state index in [1.54, 1.807) is 0 Å². The fraction of sp³-hybridized carbons (Fsp3) is 0.722. The molecule has 0 fully saturated rings. The summed E-state index contributed by atoms with van der Waals surface area (Å²) < 4.78 is 0. The predicted molar refractivity (Wildman–Crippen MR) is 114 cm³/mol. The molecule has 0 aliphatic carbocycles. The molecule has 30 heavy (non-hydrogen) atoms. The number of aliphatic hydroxyl groups excluding tert-OH is 1. The van der Waals surface area contributed by atoms with Crippen molar-refractivity contribution in [2.45, 2.75) is 64.3 Å². The van der Waals surface area contributed by atoms with Crippen LogP contribution in [0.4, 0.5) is 0 Å². The van der Waals surface area contributed by atoms with E-state index >= 15 is 0 Å². The summed E-state index contributed by atoms with van der Waals surface area (Å²) in [4.78, 5) is 52.6. The second-order valence-electron chi connectivity index (χ2n) is 7.39. The zero-order valence-corrected chi connectivity index (χ0v) is 18.3. The Bertz CT molecular complexity index is 637. The van der Waals surface area contributed by atoms with Crippen molar-refractivity contribution in [1.82, 2.24) is 10.6 Å². The minimum Gasteiger partial charge on any atom is -0.391 e. The number of halogens is 1. The number of guanidine groups is 1. The van der Waals surface area contributed by atoms with Gasteiger partial charge in [0.1, 0.15) is 6.04 Å². The number of alkyl halides is 1. The maximum absolute atomic E-state index is 12.6. The molecular weight excluding hydrogens is 416 g/mol. The first-order valence-electron chi connectivity index (χ1n) is 9.63. The van der Waals surface area contributed by atoms with Gasteiger partial charge in [-0.25, -0.2) is 0 Å². The summed E-state index contributed by atoms with van der Waals surface area (Å²) >= 11 is 5.44. The van der Waals surface area contributed by atoms with Crippen molar-refractivity contribution in [3.63, 3.8) is 0 Å². The van der Waals surface area contributed by atoms with E-state index in [0.29, 0.717) is 6.42 Å². The smallest absolute Gasteiger partial charge is 0.245 e. The molecule has 0 bridgehead atoms. The van der Waals surface area contributed by atoms with Crippen molar-refractivity contribution in [3.05, 3.63) is 0 Å². The van der Waals surface area contributed by atoms with Gasteiger partial charge in [-0.15, -0.1) is 11.6 Å². The Labute approximate surface area is 181 Å². The molecule has 0 aliphatic rings. The molecule has 0 radical (unpaired) electrons. The quantitative estimate of drug-likeness (QED) is 0.0582. The first-order valence-corrected chi connectivity index (χ1v) is 10.2. The summed E-state index contributed by atoms with van der Waals surface area (Å²) in [6.07, 6.45) is -0.552. The highest BCUT2D eigenvalue weighted by atomic mass is 35.5. The normalized spacial score (nSPS) is 14.9. The number of amides is 2. The van der Waals surface area contributed by atoms with Crippen LogP contribution in [0.5, 0.6) is 0 Å². The van der Waals surface area contributed by atoms with Crippen LogP contribution < -0.4 is 27.8 Å². The number of nitrogens with zero attached hydrogens (tertiary/aromatic N) is 1. The lowest BCUT2D eigenvalue weighted by Crippen LogP contribution is -2.58. The topological polar surface area (TPSA) is 203 Å². The molecule has 172 valence electrons. The number of nitrogens with two attached hydrogens (primary N) is 3. The summed E-state index contributed by atoms with van der Waals surface area (Å²) in [6.45, 7) is 5.26. The largest absolute Gasteiger partial charge is 0.391 e. The number of aliphatic hydroxyl groups is 1. The molecule has 12 heteroatoms. The van der Waals surface area contributed by atoms with Gasteiger partial charge in [-0.2, -0.15) is 0 Å². The third-order valence-electron chi connectivity index (χ3n) is 4.10. The van der Waals surface area contributed by atoms with Gasteiger partial charge < -0.3 is 32.9 Å². The summed E-state index contributed by atoms with van der Waals surface area (Å²) in [5, 5.41) is 14.7. The summed E-state index contributed by atoms with van der Waals surface area (Å²) in [5.74, 6) is -3.74. The average Bonchev–Trinajstić information content (AvgIpc) is 2.65. The minimum absolute atomic E-state index is 0.0529. The van der Waals surface area contributed by atoms with Crippen LogP contribution in [0.2, 0.25) is 0 Å². The number of hydrogen-bond donors (Lipinski definition) is 6. The molecular formula is C18H33ClN6O5. The highest BCUT2D eigenvalue weighted by Gasteiger charge is 2.32. The second-order valence-corrected chi connectivity index (χ2v) is 7.66. The Morgan fingerprint density at radius 2 is 1.67 bits per heavy atom. The molecule has 4 atom stereocenters. The first kappa shape index (κ1) is 27.8. The Morgan fingerprint density at radius 3 is 2.13 bits per heavy atom. The van der Waals surface area contributed by atoms with Crippen LogP contribution >= 0.6 is 11.6 Å². The van der Waals surface area contributed by atoms with Gasteiger partial charge in [0, 0.05) is 6.54 Å². The predicted octanol–water partition coefficient (Wildman–Crippen LogP) is -1.86. The van der Waals surface area contributed by atoms with Crippen molar-refractivity contribution in [2.75, 3.05) is 12.4 Å². The van der Waals surface area contributed by atoms with Crippen LogP contribution in [0.3, 0.4) is 0 Å². The molecule has 0 spiro atoms. The lowest BCUT2D eigenvalue weighted by atomic mass is 10.0. The van der Waals surface area contributed by atoms with Crippen LogP contribution in [0.25, 0.3) is 0 Å². The van der Waals surface area contributed by atoms with Crippen molar-refractivity contribution >= 4 is 40.9 Å². The standard InChI is InChI=1S/C18H33ClN6O5/c1-9(2)7-11(20)16(29)25-14(10(3)26)17(30)24-12(15(28)13(27)8-19)5-4-6-23-18(21)22/h9-12,14,26H,4-8,20H2,1-3H3,(H,24,30)(H,25,29)(H4,21,22,23)/t10?,11?,12-,14-/m0/s1. The molecule has 0 saturated carbocycles. The van der Waals surface area contributed by atoms with Gasteiger partial charge in [0.15, 0.2) is 5.96 Å². The third kappa shape index (κ3) is 10.5. The fourth-order valence-electron chi connectivity index (χ4n) is 2.57. The van der Waals surface area contributed by atoms with Crippen molar-refractivity contribution in [3.8, 4) is 0 Å². The minimum atomic E-state index is -1.37. The first-order chi connectivity index (χ1) is 13.9. The Balaban J connectivity index is 5.27. The number of carbonyl (C=O) groups excluding carboxylic acids is 4. The van der Waals surface area contributed by atoms with E-state index in [1.165, 1.54) is 6.92 Å². The molecule has 0 saturated heterocycles. The van der Waals surface area contributed by atoms with Crippen molar-refractivity contribution in [1.29, 1.82) is 0 Å². The maximum Gasteiger partial charge on any atom is 0.245 e. The molecule has 0 aliphatic heterocycles. The van der Waals surface area contributed by atoms with Gasteiger partial charge >= 0.3 is 0 Å². The third-order valence-corrected chi connectivity index (χ3v) is 4.34. The van der Waals surface area contributed by atoms with E-state index in [4.69, 9.17) is 28.8 Å². The van der Waals surface area contributed by atoms with Crippen LogP contribution in [0.15, 0.2) is 4.99 Å². The van der Waals surface area contributed by atoms with E-state index in [1.807, 2.05) is 13.8 Å². The monoisotopic (exact) mass is 448 g/mol. The maximum atomic E-state index is 12.6. The highest BCUT2D eigenvalue weighted by Crippen LogP contribution is 2.06. The zero-order chi connectivity index (χ0) is 23.4. The number of rotatable bonds is 14. The van der Waals surface area contributed by atoms with E-state index in [2.05, 4.69) is 15.6 Å². The SMILES string of the molecule is CC(C)CC(N)C(=O)N[C@H](C(=O)N[C@@H](CCCN=C(N)N)C(=O)C(=O)CCl)C(C)O. The number of carbonyl (C=O) groups is 4. The summed E-state index contributed by atoms with van der Waals surface area (Å²) in [7, 11) is 0. The van der Waals surface area contributed by atoms with Gasteiger partial charge in [0.2, 0.25) is 23.4 Å². The lowest BCUT2D eigenvalue weighted by Gasteiger charge is -2.25. The Hall–Kier alpha value is -2.24. The van der Waals surface area contributed by atoms with Gasteiger partial charge in [-0.1, -0.05) is 13.8 Å². The van der Waals surface area contributed by atoms with Crippen molar-refractivity contribution in [2.24, 2.45) is 28.1 Å². The number of ketones is 2. The van der Waals surface area contributed by atoms with Crippen molar-refractivity contribution < 1.29 is 24.3 Å². The molecule has 11 nitrogen and oxygen atoms in total. The Kier molecular flexibility index (Phi) is 12.8. The Morgan fingerprint density at radius 1 is 1.07 bits per heavy atom. The van der Waals surface area contributed by atoms with Gasteiger partial charge in [-0.3, -0.25) is 24.2 Å². The number of Topliss-reactive ketones (excluding diaryl/α,β-unsaturated/α-hetero) is 2.